The summed E-state index contributed by atoms with van der Waals surface area (Å²) in [5.41, 5.74) is 0.780. The average molecular weight is 341 g/mol. The third kappa shape index (κ3) is 4.65. The van der Waals surface area contributed by atoms with Gasteiger partial charge in [0.15, 0.2) is 0 Å². The number of rotatable bonds is 5. The number of carbonyl (C=O) groups excluding carboxylic acids is 1. The second-order valence-electron chi connectivity index (χ2n) is 5.99. The van der Waals surface area contributed by atoms with Crippen molar-refractivity contribution in [1.29, 1.82) is 0 Å². The first-order chi connectivity index (χ1) is 10.9. The molecule has 1 aromatic rings. The predicted octanol–water partition coefficient (Wildman–Crippen LogP) is 2.10. The highest BCUT2D eigenvalue weighted by Gasteiger charge is 2.31. The number of carbonyl (C=O) groups is 2. The molecule has 8 heteroatoms. The summed E-state index contributed by atoms with van der Waals surface area (Å²) in [5.74, 6) is -1.14. The zero-order chi connectivity index (χ0) is 17.0. The van der Waals surface area contributed by atoms with E-state index in [0.717, 1.165) is 10.7 Å². The highest BCUT2D eigenvalue weighted by Crippen LogP contribution is 2.22. The fraction of sp³-hybridized carbons (Fsp3) is 0.667. The van der Waals surface area contributed by atoms with Crippen molar-refractivity contribution in [3.8, 4) is 0 Å². The average Bonchev–Trinajstić information content (AvgIpc) is 3.00. The number of likely N-dealkylation sites (tertiary alicyclic amines) is 1. The third-order valence-corrected chi connectivity index (χ3v) is 5.04. The van der Waals surface area contributed by atoms with Crippen LogP contribution in [0.25, 0.3) is 0 Å². The lowest BCUT2D eigenvalue weighted by Gasteiger charge is -2.34. The van der Waals surface area contributed by atoms with E-state index in [-0.39, 0.29) is 24.6 Å². The van der Waals surface area contributed by atoms with E-state index in [1.807, 2.05) is 19.2 Å². The van der Waals surface area contributed by atoms with Crippen molar-refractivity contribution in [3.63, 3.8) is 0 Å². The Labute approximate surface area is 139 Å². The van der Waals surface area contributed by atoms with Gasteiger partial charge in [-0.05, 0) is 19.3 Å². The lowest BCUT2D eigenvalue weighted by molar-refractivity contribution is -0.143. The summed E-state index contributed by atoms with van der Waals surface area (Å²) in [7, 11) is 1.63. The van der Waals surface area contributed by atoms with Gasteiger partial charge in [0.05, 0.1) is 18.2 Å². The Balaban J connectivity index is 1.89. The molecule has 1 fully saturated rings. The molecule has 3 atom stereocenters. The van der Waals surface area contributed by atoms with Gasteiger partial charge in [-0.25, -0.2) is 9.78 Å². The van der Waals surface area contributed by atoms with Gasteiger partial charge in [-0.1, -0.05) is 6.92 Å². The molecule has 23 heavy (non-hydrogen) atoms. The number of nitrogens with one attached hydrogen (secondary N) is 1. The summed E-state index contributed by atoms with van der Waals surface area (Å²) < 4.78 is 5.21. The first-order valence-electron chi connectivity index (χ1n) is 7.63. The number of aliphatic carboxylic acids is 1. The zero-order valence-corrected chi connectivity index (χ0v) is 14.4. The van der Waals surface area contributed by atoms with Crippen LogP contribution in [0.1, 0.15) is 37.1 Å². The molecule has 1 aliphatic heterocycles. The van der Waals surface area contributed by atoms with Crippen LogP contribution in [0.3, 0.4) is 0 Å². The number of piperidine rings is 1. The van der Waals surface area contributed by atoms with Crippen molar-refractivity contribution in [2.75, 3.05) is 20.2 Å². The maximum absolute atomic E-state index is 12.3. The number of methoxy groups -OCH3 is 1. The van der Waals surface area contributed by atoms with Gasteiger partial charge in [0.2, 0.25) is 0 Å². The van der Waals surface area contributed by atoms with Crippen LogP contribution in [0.15, 0.2) is 5.38 Å². The Bertz CT molecular complexity index is 563. The number of hydrogen-bond acceptors (Lipinski definition) is 5. The van der Waals surface area contributed by atoms with E-state index in [1.165, 1.54) is 11.3 Å². The van der Waals surface area contributed by atoms with Gasteiger partial charge in [-0.15, -0.1) is 11.3 Å². The van der Waals surface area contributed by atoms with Crippen LogP contribution < -0.4 is 5.32 Å². The Morgan fingerprint density at radius 1 is 1.57 bits per heavy atom. The lowest BCUT2D eigenvalue weighted by atomic mass is 9.91. The van der Waals surface area contributed by atoms with E-state index in [2.05, 4.69) is 10.3 Å². The van der Waals surface area contributed by atoms with Crippen molar-refractivity contribution in [1.82, 2.24) is 15.2 Å². The van der Waals surface area contributed by atoms with Crippen LogP contribution in [-0.4, -0.2) is 47.2 Å². The molecule has 0 aromatic carbocycles. The molecule has 3 unspecified atom stereocenters. The molecule has 128 valence electrons. The van der Waals surface area contributed by atoms with E-state index in [9.17, 15) is 9.59 Å². The minimum Gasteiger partial charge on any atom is -0.481 e. The second kappa shape index (κ2) is 7.74. The molecule has 0 spiro atoms. The Hall–Kier alpha value is -1.67. The number of nitrogens with zero attached hydrogens (tertiary/aromatic N) is 2. The molecular formula is C15H23N3O4S. The quantitative estimate of drug-likeness (QED) is 0.856. The van der Waals surface area contributed by atoms with Crippen LogP contribution in [0.5, 0.6) is 0 Å². The van der Waals surface area contributed by atoms with Crippen molar-refractivity contribution < 1.29 is 19.4 Å². The maximum Gasteiger partial charge on any atom is 0.317 e. The molecule has 7 nitrogen and oxygen atoms in total. The minimum absolute atomic E-state index is 0.0660. The van der Waals surface area contributed by atoms with Gasteiger partial charge in [0.25, 0.3) is 0 Å². The fourth-order valence-electron chi connectivity index (χ4n) is 2.67. The smallest absolute Gasteiger partial charge is 0.317 e. The number of carboxylic acids is 1. The number of aromatic nitrogens is 1. The standard InChI is InChI=1S/C15H23N3O4S/c1-9-4-11(14(19)20)7-18(6-9)15(21)16-5-12-8-23-13(17-12)10(2)22-3/h8-11H,4-7H2,1-3H3,(H,16,21)(H,19,20). The van der Waals surface area contributed by atoms with Crippen molar-refractivity contribution in [3.05, 3.63) is 16.1 Å². The Morgan fingerprint density at radius 2 is 2.30 bits per heavy atom. The van der Waals surface area contributed by atoms with Crippen LogP contribution >= 0.6 is 11.3 Å². The van der Waals surface area contributed by atoms with E-state index >= 15 is 0 Å². The van der Waals surface area contributed by atoms with Gasteiger partial charge in [0.1, 0.15) is 11.1 Å². The summed E-state index contributed by atoms with van der Waals surface area (Å²) in [6.07, 6.45) is 0.549. The predicted molar refractivity (Wildman–Crippen MR) is 86.3 cm³/mol. The monoisotopic (exact) mass is 341 g/mol. The van der Waals surface area contributed by atoms with Gasteiger partial charge < -0.3 is 20.1 Å². The molecule has 2 rings (SSSR count). The van der Waals surface area contributed by atoms with Crippen LogP contribution in [0.2, 0.25) is 0 Å². The number of amides is 2. The summed E-state index contributed by atoms with van der Waals surface area (Å²) in [5, 5.41) is 14.7. The normalized spacial score (nSPS) is 22.7. The van der Waals surface area contributed by atoms with E-state index < -0.39 is 11.9 Å². The van der Waals surface area contributed by atoms with E-state index in [4.69, 9.17) is 9.84 Å². The highest BCUT2D eigenvalue weighted by atomic mass is 32.1. The molecule has 1 aromatic heterocycles. The second-order valence-corrected chi connectivity index (χ2v) is 6.88. The lowest BCUT2D eigenvalue weighted by Crippen LogP contribution is -2.49. The molecule has 0 bridgehead atoms. The molecular weight excluding hydrogens is 318 g/mol. The topological polar surface area (TPSA) is 91.8 Å². The van der Waals surface area contributed by atoms with Crippen LogP contribution in [0.4, 0.5) is 4.79 Å². The molecule has 1 saturated heterocycles. The van der Waals surface area contributed by atoms with Crippen molar-refractivity contribution >= 4 is 23.3 Å². The number of thiazole rings is 1. The first-order valence-corrected chi connectivity index (χ1v) is 8.51. The largest absolute Gasteiger partial charge is 0.481 e. The summed E-state index contributed by atoms with van der Waals surface area (Å²) in [4.78, 5) is 29.4. The number of ether oxygens (including phenoxy) is 1. The van der Waals surface area contributed by atoms with Crippen LogP contribution in [-0.2, 0) is 16.1 Å². The molecule has 2 N–H and O–H groups in total. The van der Waals surface area contributed by atoms with Crippen LogP contribution in [0, 0.1) is 11.8 Å². The zero-order valence-electron chi connectivity index (χ0n) is 13.6. The third-order valence-electron chi connectivity index (χ3n) is 3.99. The Morgan fingerprint density at radius 3 is 2.96 bits per heavy atom. The molecule has 0 aliphatic carbocycles. The molecule has 0 radical (unpaired) electrons. The number of carboxylic acid groups (broad SMARTS) is 1. The van der Waals surface area contributed by atoms with Crippen molar-refractivity contribution in [2.24, 2.45) is 11.8 Å². The molecule has 2 amide bonds. The summed E-state index contributed by atoms with van der Waals surface area (Å²) >= 11 is 1.50. The van der Waals surface area contributed by atoms with E-state index in [0.29, 0.717) is 19.5 Å². The minimum atomic E-state index is -0.841. The number of hydrogen-bond donors (Lipinski definition) is 2. The summed E-state index contributed by atoms with van der Waals surface area (Å²) in [6, 6.07) is -0.239. The maximum atomic E-state index is 12.3. The molecule has 2 heterocycles. The SMILES string of the molecule is COC(C)c1nc(CNC(=O)N2CC(C)CC(C(=O)O)C2)cs1. The van der Waals surface area contributed by atoms with Gasteiger partial charge >= 0.3 is 12.0 Å². The van der Waals surface area contributed by atoms with E-state index in [1.54, 1.807) is 12.0 Å². The molecule has 1 aliphatic rings. The Kier molecular flexibility index (Phi) is 5.95. The highest BCUT2D eigenvalue weighted by molar-refractivity contribution is 7.09. The first kappa shape index (κ1) is 17.7. The van der Waals surface area contributed by atoms with Crippen molar-refractivity contribution in [2.45, 2.75) is 32.9 Å². The van der Waals surface area contributed by atoms with Gasteiger partial charge in [-0.3, -0.25) is 4.79 Å². The fourth-order valence-corrected chi connectivity index (χ4v) is 3.52. The number of urea groups is 1. The van der Waals surface area contributed by atoms with Gasteiger partial charge in [0, 0.05) is 25.6 Å². The van der Waals surface area contributed by atoms with Gasteiger partial charge in [-0.2, -0.15) is 0 Å². The molecule has 0 saturated carbocycles. The summed E-state index contributed by atoms with van der Waals surface area (Å²) in [6.45, 7) is 5.05.